The number of amides is 2. The highest BCUT2D eigenvalue weighted by molar-refractivity contribution is 9.10. The SMILES string of the molecule is CC(C)N(CC(=O)Nc1cccc(Br)n1)C(=O)OC(C)(C)C. The predicted octanol–water partition coefficient (Wildman–Crippen LogP) is 3.43. The van der Waals surface area contributed by atoms with E-state index in [0.717, 1.165) is 0 Å². The van der Waals surface area contributed by atoms with Crippen molar-refractivity contribution < 1.29 is 14.3 Å². The standard InChI is InChI=1S/C15H22BrN3O3/c1-10(2)19(14(21)22-15(3,4)5)9-13(20)18-12-8-6-7-11(16)17-12/h6-8,10H,9H2,1-5H3,(H,17,18,20). The molecule has 7 heteroatoms. The second-order valence-corrected chi connectivity index (χ2v) is 6.91. The molecule has 0 aliphatic carbocycles. The van der Waals surface area contributed by atoms with Crippen molar-refractivity contribution >= 4 is 33.7 Å². The molecule has 0 spiro atoms. The summed E-state index contributed by atoms with van der Waals surface area (Å²) in [4.78, 5) is 29.7. The third-order valence-electron chi connectivity index (χ3n) is 2.55. The maximum Gasteiger partial charge on any atom is 0.410 e. The highest BCUT2D eigenvalue weighted by atomic mass is 79.9. The van der Waals surface area contributed by atoms with Gasteiger partial charge in [0.2, 0.25) is 5.91 Å². The summed E-state index contributed by atoms with van der Waals surface area (Å²) in [5, 5.41) is 2.66. The minimum atomic E-state index is -0.605. The number of carbonyl (C=O) groups is 2. The Morgan fingerprint density at radius 1 is 1.36 bits per heavy atom. The first-order chi connectivity index (χ1) is 10.1. The van der Waals surface area contributed by atoms with Gasteiger partial charge in [-0.2, -0.15) is 0 Å². The number of pyridine rings is 1. The van der Waals surface area contributed by atoms with E-state index in [2.05, 4.69) is 26.2 Å². The van der Waals surface area contributed by atoms with Gasteiger partial charge in [0.05, 0.1) is 0 Å². The van der Waals surface area contributed by atoms with E-state index >= 15 is 0 Å². The molecule has 0 aliphatic heterocycles. The number of nitrogens with zero attached hydrogens (tertiary/aromatic N) is 2. The van der Waals surface area contributed by atoms with Crippen molar-refractivity contribution in [3.63, 3.8) is 0 Å². The Morgan fingerprint density at radius 3 is 2.50 bits per heavy atom. The van der Waals surface area contributed by atoms with E-state index in [1.807, 2.05) is 13.8 Å². The van der Waals surface area contributed by atoms with Crippen LogP contribution >= 0.6 is 15.9 Å². The molecular formula is C15H22BrN3O3. The fourth-order valence-electron chi connectivity index (χ4n) is 1.59. The molecule has 6 nitrogen and oxygen atoms in total. The van der Waals surface area contributed by atoms with Crippen molar-refractivity contribution in [1.29, 1.82) is 0 Å². The van der Waals surface area contributed by atoms with Crippen LogP contribution < -0.4 is 5.32 Å². The van der Waals surface area contributed by atoms with Crippen LogP contribution in [0, 0.1) is 0 Å². The molecule has 1 N–H and O–H groups in total. The summed E-state index contributed by atoms with van der Waals surface area (Å²) in [6, 6.07) is 5.05. The Hall–Kier alpha value is -1.63. The minimum absolute atomic E-state index is 0.0965. The number of ether oxygens (including phenoxy) is 1. The van der Waals surface area contributed by atoms with Gasteiger partial charge in [0.15, 0.2) is 0 Å². The molecule has 0 aromatic carbocycles. The van der Waals surface area contributed by atoms with Gasteiger partial charge in [-0.05, 0) is 62.7 Å². The maximum absolute atomic E-state index is 12.1. The number of aromatic nitrogens is 1. The molecule has 0 radical (unpaired) electrons. The van der Waals surface area contributed by atoms with Crippen molar-refractivity contribution in [2.45, 2.75) is 46.3 Å². The van der Waals surface area contributed by atoms with E-state index < -0.39 is 11.7 Å². The van der Waals surface area contributed by atoms with Gasteiger partial charge in [-0.25, -0.2) is 9.78 Å². The summed E-state index contributed by atoms with van der Waals surface area (Å²) < 4.78 is 5.94. The molecule has 0 unspecified atom stereocenters. The van der Waals surface area contributed by atoms with Crippen molar-refractivity contribution in [2.75, 3.05) is 11.9 Å². The van der Waals surface area contributed by atoms with Crippen LogP contribution in [0.25, 0.3) is 0 Å². The average molecular weight is 372 g/mol. The molecular weight excluding hydrogens is 350 g/mol. The van der Waals surface area contributed by atoms with Crippen molar-refractivity contribution in [1.82, 2.24) is 9.88 Å². The Balaban J connectivity index is 2.70. The summed E-state index contributed by atoms with van der Waals surface area (Å²) in [7, 11) is 0. The molecule has 0 fully saturated rings. The fourth-order valence-corrected chi connectivity index (χ4v) is 1.94. The Morgan fingerprint density at radius 2 is 2.00 bits per heavy atom. The summed E-state index contributed by atoms with van der Waals surface area (Å²) in [5.74, 6) is 0.0948. The van der Waals surface area contributed by atoms with Crippen LogP contribution in [0.4, 0.5) is 10.6 Å². The van der Waals surface area contributed by atoms with Crippen molar-refractivity contribution in [3.8, 4) is 0 Å². The van der Waals surface area contributed by atoms with Gasteiger partial charge in [0.25, 0.3) is 0 Å². The molecule has 1 rings (SSSR count). The second-order valence-electron chi connectivity index (χ2n) is 6.10. The van der Waals surface area contributed by atoms with E-state index in [9.17, 15) is 9.59 Å². The zero-order valence-corrected chi connectivity index (χ0v) is 15.1. The monoisotopic (exact) mass is 371 g/mol. The van der Waals surface area contributed by atoms with Crippen LogP contribution in [0.3, 0.4) is 0 Å². The van der Waals surface area contributed by atoms with Crippen LogP contribution in [0.1, 0.15) is 34.6 Å². The Bertz CT molecular complexity index is 541. The quantitative estimate of drug-likeness (QED) is 0.822. The summed E-state index contributed by atoms with van der Waals surface area (Å²) in [6.07, 6.45) is -0.514. The molecule has 0 aliphatic rings. The van der Waals surface area contributed by atoms with Crippen molar-refractivity contribution in [2.24, 2.45) is 0 Å². The molecule has 122 valence electrons. The summed E-state index contributed by atoms with van der Waals surface area (Å²) in [5.41, 5.74) is -0.605. The van der Waals surface area contributed by atoms with Gasteiger partial charge in [-0.3, -0.25) is 9.69 Å². The highest BCUT2D eigenvalue weighted by Gasteiger charge is 2.26. The first kappa shape index (κ1) is 18.4. The normalized spacial score (nSPS) is 11.2. The molecule has 0 saturated carbocycles. The second kappa shape index (κ2) is 7.58. The van der Waals surface area contributed by atoms with E-state index in [4.69, 9.17) is 4.74 Å². The summed E-state index contributed by atoms with van der Waals surface area (Å²) in [6.45, 7) is 8.92. The minimum Gasteiger partial charge on any atom is -0.444 e. The maximum atomic E-state index is 12.1. The lowest BCUT2D eigenvalue weighted by Gasteiger charge is -2.29. The summed E-state index contributed by atoms with van der Waals surface area (Å²) >= 11 is 3.24. The number of nitrogens with one attached hydrogen (secondary N) is 1. The molecule has 0 atom stereocenters. The third kappa shape index (κ3) is 6.43. The van der Waals surface area contributed by atoms with Gasteiger partial charge >= 0.3 is 6.09 Å². The fraction of sp³-hybridized carbons (Fsp3) is 0.533. The molecule has 1 aromatic heterocycles. The smallest absolute Gasteiger partial charge is 0.410 e. The van der Waals surface area contributed by atoms with Crippen LogP contribution in [-0.2, 0) is 9.53 Å². The number of carbonyl (C=O) groups excluding carboxylic acids is 2. The van der Waals surface area contributed by atoms with Crippen molar-refractivity contribution in [3.05, 3.63) is 22.8 Å². The average Bonchev–Trinajstić information content (AvgIpc) is 2.33. The van der Waals surface area contributed by atoms with Gasteiger partial charge in [0.1, 0.15) is 22.6 Å². The molecule has 0 bridgehead atoms. The molecule has 1 heterocycles. The molecule has 1 aromatic rings. The van der Waals surface area contributed by atoms with Gasteiger partial charge in [-0.1, -0.05) is 6.07 Å². The Labute approximate surface area is 139 Å². The number of rotatable bonds is 4. The lowest BCUT2D eigenvalue weighted by Crippen LogP contribution is -2.45. The zero-order chi connectivity index (χ0) is 16.9. The number of hydrogen-bond acceptors (Lipinski definition) is 4. The van der Waals surface area contributed by atoms with Gasteiger partial charge in [0, 0.05) is 6.04 Å². The first-order valence-corrected chi connectivity index (χ1v) is 7.80. The van der Waals surface area contributed by atoms with Gasteiger partial charge in [-0.15, -0.1) is 0 Å². The van der Waals surface area contributed by atoms with E-state index in [1.165, 1.54) is 4.90 Å². The van der Waals surface area contributed by atoms with E-state index in [0.29, 0.717) is 10.4 Å². The molecule has 0 saturated heterocycles. The largest absolute Gasteiger partial charge is 0.444 e. The molecule has 2 amide bonds. The van der Waals surface area contributed by atoms with Crippen LogP contribution in [0.15, 0.2) is 22.8 Å². The lowest BCUT2D eigenvalue weighted by atomic mass is 10.2. The van der Waals surface area contributed by atoms with Gasteiger partial charge < -0.3 is 10.1 Å². The number of anilines is 1. The lowest BCUT2D eigenvalue weighted by molar-refractivity contribution is -0.117. The molecule has 22 heavy (non-hydrogen) atoms. The predicted molar refractivity (Wildman–Crippen MR) is 88.6 cm³/mol. The topological polar surface area (TPSA) is 71.5 Å². The van der Waals surface area contributed by atoms with E-state index in [1.54, 1.807) is 39.0 Å². The van der Waals surface area contributed by atoms with Crippen LogP contribution in [-0.4, -0.2) is 40.1 Å². The van der Waals surface area contributed by atoms with Crippen LogP contribution in [0.2, 0.25) is 0 Å². The number of hydrogen-bond donors (Lipinski definition) is 1. The number of halogens is 1. The first-order valence-electron chi connectivity index (χ1n) is 7.00. The highest BCUT2D eigenvalue weighted by Crippen LogP contribution is 2.13. The third-order valence-corrected chi connectivity index (χ3v) is 2.99. The Kier molecular flexibility index (Phi) is 6.34. The van der Waals surface area contributed by atoms with Crippen LogP contribution in [0.5, 0.6) is 0 Å². The zero-order valence-electron chi connectivity index (χ0n) is 13.5. The van der Waals surface area contributed by atoms with E-state index in [-0.39, 0.29) is 18.5 Å².